The van der Waals surface area contributed by atoms with Crippen LogP contribution in [0.4, 0.5) is 8.78 Å². The van der Waals surface area contributed by atoms with Gasteiger partial charge in [-0.05, 0) is 37.3 Å². The Morgan fingerprint density at radius 1 is 1.00 bits per heavy atom. The highest BCUT2D eigenvalue weighted by Gasteiger charge is 2.24. The van der Waals surface area contributed by atoms with Crippen molar-refractivity contribution < 1.29 is 8.78 Å². The summed E-state index contributed by atoms with van der Waals surface area (Å²) in [4.78, 5) is 0. The first kappa shape index (κ1) is 14.8. The van der Waals surface area contributed by atoms with Gasteiger partial charge in [-0.25, -0.2) is 8.78 Å². The van der Waals surface area contributed by atoms with Crippen molar-refractivity contribution in [2.45, 2.75) is 57.2 Å². The Balaban J connectivity index is 2.17. The van der Waals surface area contributed by atoms with Gasteiger partial charge in [-0.15, -0.1) is 11.6 Å². The van der Waals surface area contributed by atoms with Crippen molar-refractivity contribution in [3.8, 4) is 0 Å². The Morgan fingerprint density at radius 2 is 1.58 bits per heavy atom. The average Bonchev–Trinajstić information content (AvgIpc) is 2.32. The molecule has 0 amide bonds. The van der Waals surface area contributed by atoms with Gasteiger partial charge < -0.3 is 0 Å². The molecule has 1 atom stereocenters. The van der Waals surface area contributed by atoms with Gasteiger partial charge >= 0.3 is 0 Å². The van der Waals surface area contributed by atoms with E-state index in [0.29, 0.717) is 17.0 Å². The number of hydrogen-bond acceptors (Lipinski definition) is 0. The highest BCUT2D eigenvalue weighted by Crippen LogP contribution is 2.38. The average molecular weight is 287 g/mol. The van der Waals surface area contributed by atoms with Gasteiger partial charge in [0.2, 0.25) is 0 Å². The lowest BCUT2D eigenvalue weighted by Crippen LogP contribution is -2.12. The molecule has 1 aliphatic rings. The van der Waals surface area contributed by atoms with Crippen LogP contribution in [-0.4, -0.2) is 0 Å². The summed E-state index contributed by atoms with van der Waals surface area (Å²) in [7, 11) is 0. The molecular formula is C16H21ClF2. The zero-order chi connectivity index (χ0) is 13.8. The molecule has 0 heterocycles. The third-order valence-electron chi connectivity index (χ3n) is 4.14. The molecule has 2 rings (SSSR count). The first-order valence-electron chi connectivity index (χ1n) is 7.19. The molecule has 1 fully saturated rings. The van der Waals surface area contributed by atoms with Crippen LogP contribution in [0.2, 0.25) is 0 Å². The molecule has 19 heavy (non-hydrogen) atoms. The highest BCUT2D eigenvalue weighted by atomic mass is 35.5. The molecule has 0 N–H and O–H groups in total. The van der Waals surface area contributed by atoms with Crippen molar-refractivity contribution in [3.05, 3.63) is 34.9 Å². The Morgan fingerprint density at radius 3 is 2.21 bits per heavy atom. The van der Waals surface area contributed by atoms with Crippen LogP contribution in [-0.2, 0) is 0 Å². The molecule has 0 bridgehead atoms. The normalized spacial score (nSPS) is 19.8. The van der Waals surface area contributed by atoms with E-state index in [0.717, 1.165) is 31.7 Å². The van der Waals surface area contributed by atoms with Gasteiger partial charge in [0.1, 0.15) is 11.6 Å². The van der Waals surface area contributed by atoms with E-state index < -0.39 is 11.6 Å². The second-order valence-electron chi connectivity index (χ2n) is 5.63. The summed E-state index contributed by atoms with van der Waals surface area (Å²) in [6, 6.07) is 2.53. The quantitative estimate of drug-likeness (QED) is 0.593. The smallest absolute Gasteiger partial charge is 0.130 e. The van der Waals surface area contributed by atoms with E-state index in [2.05, 4.69) is 0 Å². The molecule has 0 spiro atoms. The molecule has 1 aliphatic carbocycles. The van der Waals surface area contributed by atoms with Gasteiger partial charge in [0.25, 0.3) is 0 Å². The van der Waals surface area contributed by atoms with Crippen LogP contribution < -0.4 is 0 Å². The van der Waals surface area contributed by atoms with Gasteiger partial charge in [0, 0.05) is 11.6 Å². The fourth-order valence-electron chi connectivity index (χ4n) is 2.93. The summed E-state index contributed by atoms with van der Waals surface area (Å²) in [6.07, 6.45) is 8.19. The summed E-state index contributed by atoms with van der Waals surface area (Å²) in [6.45, 7) is 1.65. The molecule has 0 aliphatic heterocycles. The minimum atomic E-state index is -0.509. The third kappa shape index (κ3) is 3.68. The fraction of sp³-hybridized carbons (Fsp3) is 0.625. The van der Waals surface area contributed by atoms with Gasteiger partial charge in [0.15, 0.2) is 0 Å². The van der Waals surface area contributed by atoms with Crippen LogP contribution in [0.1, 0.15) is 61.4 Å². The lowest BCUT2D eigenvalue weighted by molar-refractivity contribution is 0.363. The summed E-state index contributed by atoms with van der Waals surface area (Å²) >= 11 is 6.48. The molecule has 1 unspecified atom stereocenters. The SMILES string of the molecule is Cc1cc(C(Cl)C2CCCCCCC2)c(F)cc1F. The van der Waals surface area contributed by atoms with E-state index in [1.54, 1.807) is 13.0 Å². The zero-order valence-electron chi connectivity index (χ0n) is 11.4. The predicted octanol–water partition coefficient (Wildman–Crippen LogP) is 5.91. The second kappa shape index (κ2) is 6.69. The number of benzene rings is 1. The Bertz CT molecular complexity index is 423. The third-order valence-corrected chi connectivity index (χ3v) is 4.73. The molecule has 0 nitrogen and oxygen atoms in total. The van der Waals surface area contributed by atoms with E-state index in [-0.39, 0.29) is 5.38 Å². The van der Waals surface area contributed by atoms with Crippen molar-refractivity contribution in [3.63, 3.8) is 0 Å². The predicted molar refractivity (Wildman–Crippen MR) is 75.5 cm³/mol. The molecular weight excluding hydrogens is 266 g/mol. The number of rotatable bonds is 2. The molecule has 0 radical (unpaired) electrons. The standard InChI is InChI=1S/C16H21ClF2/c1-11-9-13(15(19)10-14(11)18)16(17)12-7-5-3-2-4-6-8-12/h9-10,12,16H,2-8H2,1H3. The van der Waals surface area contributed by atoms with E-state index in [4.69, 9.17) is 11.6 Å². The number of halogens is 3. The fourth-order valence-corrected chi connectivity index (χ4v) is 3.34. The van der Waals surface area contributed by atoms with E-state index in [1.807, 2.05) is 0 Å². The van der Waals surface area contributed by atoms with E-state index in [1.165, 1.54) is 19.3 Å². The second-order valence-corrected chi connectivity index (χ2v) is 6.10. The summed E-state index contributed by atoms with van der Waals surface area (Å²) < 4.78 is 27.2. The minimum Gasteiger partial charge on any atom is -0.207 e. The Labute approximate surface area is 119 Å². The molecule has 1 aromatic rings. The maximum atomic E-state index is 13.9. The van der Waals surface area contributed by atoms with E-state index >= 15 is 0 Å². The molecule has 1 aromatic carbocycles. The summed E-state index contributed by atoms with van der Waals surface area (Å²) in [5.74, 6) is -0.700. The summed E-state index contributed by atoms with van der Waals surface area (Å²) in [5, 5.41) is -0.336. The van der Waals surface area contributed by atoms with Crippen LogP contribution in [0, 0.1) is 24.5 Å². The van der Waals surface area contributed by atoms with Crippen molar-refractivity contribution in [1.29, 1.82) is 0 Å². The molecule has 1 saturated carbocycles. The van der Waals surface area contributed by atoms with Crippen LogP contribution in [0.3, 0.4) is 0 Å². The van der Waals surface area contributed by atoms with Crippen molar-refractivity contribution in [2.75, 3.05) is 0 Å². The topological polar surface area (TPSA) is 0 Å². The van der Waals surface area contributed by atoms with Gasteiger partial charge in [-0.3, -0.25) is 0 Å². The lowest BCUT2D eigenvalue weighted by Gasteiger charge is -2.25. The first-order valence-corrected chi connectivity index (χ1v) is 7.63. The maximum absolute atomic E-state index is 13.9. The van der Waals surface area contributed by atoms with Crippen LogP contribution in [0.15, 0.2) is 12.1 Å². The van der Waals surface area contributed by atoms with Crippen molar-refractivity contribution >= 4 is 11.6 Å². The van der Waals surface area contributed by atoms with Gasteiger partial charge in [0.05, 0.1) is 5.38 Å². The number of alkyl halides is 1. The number of aryl methyl sites for hydroxylation is 1. The van der Waals surface area contributed by atoms with E-state index in [9.17, 15) is 8.78 Å². The van der Waals surface area contributed by atoms with Crippen LogP contribution in [0.5, 0.6) is 0 Å². The molecule has 0 saturated heterocycles. The van der Waals surface area contributed by atoms with Crippen LogP contribution >= 0.6 is 11.6 Å². The first-order chi connectivity index (χ1) is 9.09. The minimum absolute atomic E-state index is 0.307. The lowest BCUT2D eigenvalue weighted by atomic mass is 9.86. The van der Waals surface area contributed by atoms with Gasteiger partial charge in [-0.2, -0.15) is 0 Å². The van der Waals surface area contributed by atoms with Gasteiger partial charge in [-0.1, -0.05) is 32.1 Å². The maximum Gasteiger partial charge on any atom is 0.130 e. The summed E-state index contributed by atoms with van der Waals surface area (Å²) in [5.41, 5.74) is 0.930. The Kier molecular flexibility index (Phi) is 5.20. The van der Waals surface area contributed by atoms with Crippen molar-refractivity contribution in [2.24, 2.45) is 5.92 Å². The highest BCUT2D eigenvalue weighted by molar-refractivity contribution is 6.21. The number of hydrogen-bond donors (Lipinski definition) is 0. The molecule has 106 valence electrons. The molecule has 3 heteroatoms. The zero-order valence-corrected chi connectivity index (χ0v) is 12.1. The largest absolute Gasteiger partial charge is 0.207 e. The Hall–Kier alpha value is -0.630. The van der Waals surface area contributed by atoms with Crippen LogP contribution in [0.25, 0.3) is 0 Å². The monoisotopic (exact) mass is 286 g/mol. The van der Waals surface area contributed by atoms with Crippen molar-refractivity contribution in [1.82, 2.24) is 0 Å². The molecule has 0 aromatic heterocycles.